The van der Waals surface area contributed by atoms with Crippen LogP contribution in [0.2, 0.25) is 0 Å². The van der Waals surface area contributed by atoms with Crippen molar-refractivity contribution in [3.05, 3.63) is 29.8 Å². The lowest BCUT2D eigenvalue weighted by molar-refractivity contribution is 0.214. The second kappa shape index (κ2) is 5.87. The molecule has 0 saturated heterocycles. The molecule has 1 atom stereocenters. The molecule has 16 heavy (non-hydrogen) atoms. The Bertz CT molecular complexity index is 327. The third-order valence-electron chi connectivity index (χ3n) is 3.20. The summed E-state index contributed by atoms with van der Waals surface area (Å²) in [5.41, 5.74) is 7.79. The molecule has 0 aromatic heterocycles. The summed E-state index contributed by atoms with van der Waals surface area (Å²) in [5, 5.41) is 12.5. The first-order valence-corrected chi connectivity index (χ1v) is 5.80. The van der Waals surface area contributed by atoms with E-state index in [1.807, 2.05) is 24.3 Å². The molecule has 1 aromatic carbocycles. The van der Waals surface area contributed by atoms with E-state index in [1.54, 1.807) is 0 Å². The molecule has 3 nitrogen and oxygen atoms in total. The highest BCUT2D eigenvalue weighted by Crippen LogP contribution is 2.17. The van der Waals surface area contributed by atoms with E-state index < -0.39 is 0 Å². The Morgan fingerprint density at radius 2 is 2.06 bits per heavy atom. The Balaban J connectivity index is 2.59. The van der Waals surface area contributed by atoms with E-state index in [0.717, 1.165) is 30.6 Å². The van der Waals surface area contributed by atoms with Crippen LogP contribution >= 0.6 is 0 Å². The summed E-state index contributed by atoms with van der Waals surface area (Å²) in [4.78, 5) is 0. The van der Waals surface area contributed by atoms with Crippen molar-refractivity contribution >= 4 is 5.69 Å². The van der Waals surface area contributed by atoms with Gasteiger partial charge < -0.3 is 16.2 Å². The average Bonchev–Trinajstić information content (AvgIpc) is 2.28. The number of nitrogens with one attached hydrogen (secondary N) is 1. The number of anilines is 1. The zero-order chi connectivity index (χ0) is 12.0. The number of hydrogen-bond donors (Lipinski definition) is 3. The molecule has 0 heterocycles. The highest BCUT2D eigenvalue weighted by atomic mass is 16.3. The normalized spacial score (nSPS) is 14.7. The van der Waals surface area contributed by atoms with Crippen LogP contribution < -0.4 is 11.1 Å². The molecular formula is C13H22N2O. The van der Waals surface area contributed by atoms with Gasteiger partial charge in [0.2, 0.25) is 0 Å². The van der Waals surface area contributed by atoms with Gasteiger partial charge in [0, 0.05) is 24.4 Å². The number of para-hydroxylation sites is 1. The van der Waals surface area contributed by atoms with E-state index in [2.05, 4.69) is 19.2 Å². The zero-order valence-corrected chi connectivity index (χ0v) is 10.2. The third-order valence-corrected chi connectivity index (χ3v) is 3.20. The number of nitrogen functional groups attached to an aromatic ring is 1. The molecule has 3 heteroatoms. The molecule has 0 bridgehead atoms. The molecular weight excluding hydrogens is 200 g/mol. The number of aliphatic hydroxyl groups excluding tert-OH is 1. The van der Waals surface area contributed by atoms with E-state index in [-0.39, 0.29) is 12.1 Å². The van der Waals surface area contributed by atoms with Gasteiger partial charge in [-0.1, -0.05) is 25.1 Å². The minimum absolute atomic E-state index is 0.0168. The minimum Gasteiger partial charge on any atom is -0.398 e. The first-order chi connectivity index (χ1) is 7.61. The van der Waals surface area contributed by atoms with Gasteiger partial charge in [-0.15, -0.1) is 0 Å². The lowest BCUT2D eigenvalue weighted by atomic mass is 9.94. The largest absolute Gasteiger partial charge is 0.398 e. The summed E-state index contributed by atoms with van der Waals surface area (Å²) in [6.45, 7) is 5.21. The van der Waals surface area contributed by atoms with Gasteiger partial charge >= 0.3 is 0 Å². The number of nitrogens with two attached hydrogens (primary N) is 1. The van der Waals surface area contributed by atoms with Crippen LogP contribution in [0.3, 0.4) is 0 Å². The fourth-order valence-corrected chi connectivity index (χ4v) is 1.64. The van der Waals surface area contributed by atoms with Gasteiger partial charge in [-0.05, 0) is 31.4 Å². The van der Waals surface area contributed by atoms with E-state index in [4.69, 9.17) is 10.8 Å². The standard InChI is InChI=1S/C13H22N2O/c1-3-13(2,8-9-16)15-10-11-6-4-5-7-12(11)14/h4-7,15-16H,3,8-10,14H2,1-2H3. The Kier molecular flexibility index (Phi) is 4.77. The second-order valence-corrected chi connectivity index (χ2v) is 4.44. The monoisotopic (exact) mass is 222 g/mol. The van der Waals surface area contributed by atoms with Crippen molar-refractivity contribution in [1.82, 2.24) is 5.32 Å². The Labute approximate surface area is 97.7 Å². The van der Waals surface area contributed by atoms with Crippen LogP contribution in [0.25, 0.3) is 0 Å². The highest BCUT2D eigenvalue weighted by molar-refractivity contribution is 5.46. The third kappa shape index (κ3) is 3.51. The SMILES string of the molecule is CCC(C)(CCO)NCc1ccccc1N. The summed E-state index contributed by atoms with van der Waals surface area (Å²) < 4.78 is 0. The fourth-order valence-electron chi connectivity index (χ4n) is 1.64. The van der Waals surface area contributed by atoms with Crippen LogP contribution in [0.4, 0.5) is 5.69 Å². The van der Waals surface area contributed by atoms with Gasteiger partial charge in [-0.3, -0.25) is 0 Å². The van der Waals surface area contributed by atoms with Crippen molar-refractivity contribution < 1.29 is 5.11 Å². The van der Waals surface area contributed by atoms with Gasteiger partial charge in [0.05, 0.1) is 0 Å². The van der Waals surface area contributed by atoms with E-state index in [0.29, 0.717) is 0 Å². The van der Waals surface area contributed by atoms with Crippen LogP contribution in [0.15, 0.2) is 24.3 Å². The molecule has 4 N–H and O–H groups in total. The predicted molar refractivity (Wildman–Crippen MR) is 68.1 cm³/mol. The number of hydrogen-bond acceptors (Lipinski definition) is 3. The van der Waals surface area contributed by atoms with Crippen LogP contribution in [-0.4, -0.2) is 17.3 Å². The van der Waals surface area contributed by atoms with Crippen LogP contribution in [-0.2, 0) is 6.54 Å². The molecule has 0 aliphatic carbocycles. The Morgan fingerprint density at radius 3 is 2.62 bits per heavy atom. The predicted octanol–water partition coefficient (Wildman–Crippen LogP) is 1.91. The molecule has 1 unspecified atom stereocenters. The summed E-state index contributed by atoms with van der Waals surface area (Å²) in [7, 11) is 0. The van der Waals surface area contributed by atoms with Crippen molar-refractivity contribution in [1.29, 1.82) is 0 Å². The summed E-state index contributed by atoms with van der Waals surface area (Å²) in [6, 6.07) is 7.86. The molecule has 0 amide bonds. The number of benzene rings is 1. The van der Waals surface area contributed by atoms with Crippen molar-refractivity contribution in [2.24, 2.45) is 0 Å². The molecule has 0 saturated carbocycles. The fraction of sp³-hybridized carbons (Fsp3) is 0.538. The van der Waals surface area contributed by atoms with Crippen molar-refractivity contribution in [2.75, 3.05) is 12.3 Å². The summed E-state index contributed by atoms with van der Waals surface area (Å²) >= 11 is 0. The maximum atomic E-state index is 9.02. The molecule has 0 spiro atoms. The first-order valence-electron chi connectivity index (χ1n) is 5.80. The molecule has 0 aliphatic heterocycles. The van der Waals surface area contributed by atoms with Crippen molar-refractivity contribution in [3.63, 3.8) is 0 Å². The highest BCUT2D eigenvalue weighted by Gasteiger charge is 2.20. The van der Waals surface area contributed by atoms with Gasteiger partial charge in [0.15, 0.2) is 0 Å². The van der Waals surface area contributed by atoms with Crippen LogP contribution in [0, 0.1) is 0 Å². The number of aliphatic hydroxyl groups is 1. The molecule has 90 valence electrons. The lowest BCUT2D eigenvalue weighted by Crippen LogP contribution is -2.42. The minimum atomic E-state index is -0.0168. The van der Waals surface area contributed by atoms with Gasteiger partial charge in [0.1, 0.15) is 0 Å². The molecule has 0 radical (unpaired) electrons. The van der Waals surface area contributed by atoms with Gasteiger partial charge in [0.25, 0.3) is 0 Å². The van der Waals surface area contributed by atoms with Gasteiger partial charge in [-0.2, -0.15) is 0 Å². The molecule has 1 aromatic rings. The van der Waals surface area contributed by atoms with E-state index >= 15 is 0 Å². The van der Waals surface area contributed by atoms with Crippen molar-refractivity contribution in [3.8, 4) is 0 Å². The topological polar surface area (TPSA) is 58.3 Å². The average molecular weight is 222 g/mol. The maximum Gasteiger partial charge on any atom is 0.0448 e. The lowest BCUT2D eigenvalue weighted by Gasteiger charge is -2.29. The quantitative estimate of drug-likeness (QED) is 0.644. The number of rotatable bonds is 6. The Hall–Kier alpha value is -1.06. The van der Waals surface area contributed by atoms with Crippen LogP contribution in [0.1, 0.15) is 32.3 Å². The van der Waals surface area contributed by atoms with Crippen molar-refractivity contribution in [2.45, 2.75) is 38.8 Å². The molecule has 0 aliphatic rings. The summed E-state index contributed by atoms with van der Waals surface area (Å²) in [5.74, 6) is 0. The molecule has 1 rings (SSSR count). The summed E-state index contributed by atoms with van der Waals surface area (Å²) in [6.07, 6.45) is 1.75. The van der Waals surface area contributed by atoms with E-state index in [1.165, 1.54) is 0 Å². The smallest absolute Gasteiger partial charge is 0.0448 e. The Morgan fingerprint density at radius 1 is 1.38 bits per heavy atom. The maximum absolute atomic E-state index is 9.02. The zero-order valence-electron chi connectivity index (χ0n) is 10.2. The second-order valence-electron chi connectivity index (χ2n) is 4.44. The van der Waals surface area contributed by atoms with Crippen LogP contribution in [0.5, 0.6) is 0 Å². The molecule has 0 fully saturated rings. The van der Waals surface area contributed by atoms with Gasteiger partial charge in [-0.25, -0.2) is 0 Å². The first kappa shape index (κ1) is 13.0. The van der Waals surface area contributed by atoms with E-state index in [9.17, 15) is 0 Å².